The van der Waals surface area contributed by atoms with Gasteiger partial charge in [-0.05, 0) is 59.7 Å². The van der Waals surface area contributed by atoms with Crippen molar-refractivity contribution >= 4 is 5.97 Å². The highest BCUT2D eigenvalue weighted by Gasteiger charge is 2.16. The number of nitrogens with zero attached hydrogens (tertiary/aromatic N) is 1. The third kappa shape index (κ3) is 6.97. The number of carbonyl (C=O) groups excluding carboxylic acids is 1. The molecule has 180 valence electrons. The van der Waals surface area contributed by atoms with Gasteiger partial charge in [-0.3, -0.25) is 9.69 Å². The molecule has 0 amide bonds. The molecule has 0 saturated carbocycles. The number of methoxy groups -OCH3 is 1. The highest BCUT2D eigenvalue weighted by molar-refractivity contribution is 5.71. The van der Waals surface area contributed by atoms with Crippen LogP contribution in [0.4, 0.5) is 0 Å². The Balaban J connectivity index is 1.25. The molecular formula is C31H33NO3. The molecule has 0 aliphatic carbocycles. The minimum atomic E-state index is -0.261. The number of hydrogen-bond acceptors (Lipinski definition) is 4. The van der Waals surface area contributed by atoms with Crippen molar-refractivity contribution in [2.24, 2.45) is 0 Å². The summed E-state index contributed by atoms with van der Waals surface area (Å²) in [5, 5.41) is 0. The fraction of sp³-hybridized carbons (Fsp3) is 0.323. The maximum Gasteiger partial charge on any atom is 0.307 e. The topological polar surface area (TPSA) is 38.8 Å². The van der Waals surface area contributed by atoms with Crippen molar-refractivity contribution in [2.75, 3.05) is 20.2 Å². The van der Waals surface area contributed by atoms with Gasteiger partial charge in [0.1, 0.15) is 12.4 Å². The first-order valence-corrected chi connectivity index (χ1v) is 12.2. The van der Waals surface area contributed by atoms with E-state index in [-0.39, 0.29) is 18.3 Å². The van der Waals surface area contributed by atoms with Crippen LogP contribution in [0.5, 0.6) is 5.75 Å². The molecule has 0 aromatic heterocycles. The van der Waals surface area contributed by atoms with Crippen molar-refractivity contribution in [2.45, 2.75) is 45.3 Å². The fourth-order valence-corrected chi connectivity index (χ4v) is 4.47. The Bertz CT molecular complexity index is 1170. The summed E-state index contributed by atoms with van der Waals surface area (Å²) in [7, 11) is 1.40. The summed E-state index contributed by atoms with van der Waals surface area (Å²) in [6, 6.07) is 25.3. The second-order valence-corrected chi connectivity index (χ2v) is 8.95. The lowest BCUT2D eigenvalue weighted by molar-refractivity contribution is -0.140. The van der Waals surface area contributed by atoms with Crippen LogP contribution in [0.3, 0.4) is 0 Å². The van der Waals surface area contributed by atoms with Crippen molar-refractivity contribution < 1.29 is 14.3 Å². The summed E-state index contributed by atoms with van der Waals surface area (Å²) >= 11 is 0. The molecule has 4 nitrogen and oxygen atoms in total. The van der Waals surface area contributed by atoms with Crippen molar-refractivity contribution in [1.29, 1.82) is 0 Å². The molecule has 3 aromatic rings. The number of carbonyl (C=O) groups is 1. The van der Waals surface area contributed by atoms with Gasteiger partial charge in [-0.1, -0.05) is 66.6 Å². The number of ether oxygens (including phenoxy) is 2. The van der Waals surface area contributed by atoms with E-state index in [4.69, 9.17) is 9.47 Å². The van der Waals surface area contributed by atoms with Crippen molar-refractivity contribution in [3.63, 3.8) is 0 Å². The molecule has 1 atom stereocenters. The Morgan fingerprint density at radius 3 is 2.40 bits per heavy atom. The Labute approximate surface area is 208 Å². The zero-order valence-corrected chi connectivity index (χ0v) is 20.6. The molecule has 0 unspecified atom stereocenters. The van der Waals surface area contributed by atoms with E-state index in [1.807, 2.05) is 24.3 Å². The maximum absolute atomic E-state index is 11.7. The second kappa shape index (κ2) is 12.2. The van der Waals surface area contributed by atoms with Gasteiger partial charge in [0.15, 0.2) is 0 Å². The summed E-state index contributed by atoms with van der Waals surface area (Å²) in [4.78, 5) is 14.2. The maximum atomic E-state index is 11.7. The number of benzene rings is 3. The van der Waals surface area contributed by atoms with Gasteiger partial charge >= 0.3 is 5.97 Å². The molecule has 0 radical (unpaired) electrons. The van der Waals surface area contributed by atoms with Gasteiger partial charge in [0.05, 0.1) is 19.4 Å². The monoisotopic (exact) mass is 467 g/mol. The van der Waals surface area contributed by atoms with Gasteiger partial charge in [0.25, 0.3) is 0 Å². The predicted octanol–water partition coefficient (Wildman–Crippen LogP) is 5.54. The zero-order valence-electron chi connectivity index (χ0n) is 20.6. The summed E-state index contributed by atoms with van der Waals surface area (Å²) < 4.78 is 10.8. The molecule has 1 aliphatic heterocycles. The first-order chi connectivity index (χ1) is 17.1. The number of rotatable bonds is 9. The van der Waals surface area contributed by atoms with Crippen LogP contribution < -0.4 is 4.74 Å². The normalized spacial score (nSPS) is 13.8. The first kappa shape index (κ1) is 24.6. The molecular weight excluding hydrogens is 434 g/mol. The van der Waals surface area contributed by atoms with Crippen LogP contribution >= 0.6 is 0 Å². The minimum absolute atomic E-state index is 0.172. The van der Waals surface area contributed by atoms with Crippen LogP contribution in [-0.4, -0.2) is 31.1 Å². The highest BCUT2D eigenvalue weighted by Crippen LogP contribution is 2.23. The molecule has 0 fully saturated rings. The molecule has 35 heavy (non-hydrogen) atoms. The van der Waals surface area contributed by atoms with Gasteiger partial charge in [0.2, 0.25) is 0 Å². The van der Waals surface area contributed by atoms with Crippen molar-refractivity contribution in [1.82, 2.24) is 4.90 Å². The van der Waals surface area contributed by atoms with E-state index in [1.165, 1.54) is 23.8 Å². The van der Waals surface area contributed by atoms with E-state index in [0.717, 1.165) is 49.4 Å². The second-order valence-electron chi connectivity index (χ2n) is 8.95. The van der Waals surface area contributed by atoms with Crippen LogP contribution in [0, 0.1) is 11.8 Å². The van der Waals surface area contributed by atoms with Crippen LogP contribution in [0.2, 0.25) is 0 Å². The summed E-state index contributed by atoms with van der Waals surface area (Å²) in [5.74, 6) is 6.35. The van der Waals surface area contributed by atoms with E-state index in [0.29, 0.717) is 6.61 Å². The Morgan fingerprint density at radius 1 is 0.971 bits per heavy atom. The largest absolute Gasteiger partial charge is 0.489 e. The molecule has 1 heterocycles. The Hall–Kier alpha value is -3.55. The molecule has 0 saturated heterocycles. The smallest absolute Gasteiger partial charge is 0.307 e. The number of esters is 1. The highest BCUT2D eigenvalue weighted by atomic mass is 16.5. The van der Waals surface area contributed by atoms with Gasteiger partial charge in [0, 0.05) is 19.6 Å². The first-order valence-electron chi connectivity index (χ1n) is 12.2. The molecule has 1 aliphatic rings. The minimum Gasteiger partial charge on any atom is -0.489 e. The average Bonchev–Trinajstić information content (AvgIpc) is 2.91. The summed E-state index contributed by atoms with van der Waals surface area (Å²) in [6.07, 6.45) is 2.44. The molecule has 3 aromatic carbocycles. The number of hydrogen-bond donors (Lipinski definition) is 0. The Morgan fingerprint density at radius 2 is 1.69 bits per heavy atom. The van der Waals surface area contributed by atoms with Crippen LogP contribution in [0.25, 0.3) is 0 Å². The predicted molar refractivity (Wildman–Crippen MR) is 139 cm³/mol. The lowest BCUT2D eigenvalue weighted by Crippen LogP contribution is -2.32. The zero-order chi connectivity index (χ0) is 24.5. The SMILES string of the molecule is CC#C[C@@H](CC(=O)OC)c1ccc(OCc2ccc(CCN3CCc4ccccc4C3)cc2)cc1. The van der Waals surface area contributed by atoms with E-state index in [2.05, 4.69) is 65.3 Å². The molecule has 0 bridgehead atoms. The van der Waals surface area contributed by atoms with Crippen LogP contribution in [0.1, 0.15) is 47.1 Å². The number of fused-ring (bicyclic) bond motifs is 1. The molecule has 4 rings (SSSR count). The lowest BCUT2D eigenvalue weighted by Gasteiger charge is -2.28. The van der Waals surface area contributed by atoms with Gasteiger partial charge in [-0.15, -0.1) is 5.92 Å². The van der Waals surface area contributed by atoms with E-state index in [1.54, 1.807) is 6.92 Å². The van der Waals surface area contributed by atoms with Gasteiger partial charge < -0.3 is 9.47 Å². The lowest BCUT2D eigenvalue weighted by atomic mass is 9.96. The quantitative estimate of drug-likeness (QED) is 0.306. The van der Waals surface area contributed by atoms with E-state index >= 15 is 0 Å². The van der Waals surface area contributed by atoms with E-state index < -0.39 is 0 Å². The molecule has 0 spiro atoms. The van der Waals surface area contributed by atoms with Gasteiger partial charge in [-0.2, -0.15) is 0 Å². The van der Waals surface area contributed by atoms with E-state index in [9.17, 15) is 4.79 Å². The van der Waals surface area contributed by atoms with Crippen LogP contribution in [0.15, 0.2) is 72.8 Å². The third-order valence-electron chi connectivity index (χ3n) is 6.55. The van der Waals surface area contributed by atoms with Gasteiger partial charge in [-0.25, -0.2) is 0 Å². The van der Waals surface area contributed by atoms with Crippen molar-refractivity contribution in [3.05, 3.63) is 101 Å². The van der Waals surface area contributed by atoms with Crippen LogP contribution in [-0.2, 0) is 35.5 Å². The summed E-state index contributed by atoms with van der Waals surface area (Å²) in [6.45, 7) is 5.56. The molecule has 4 heteroatoms. The third-order valence-corrected chi connectivity index (χ3v) is 6.55. The standard InChI is InChI=1S/C31H33NO3/c1-3-6-28(21-31(33)34-2)27-13-15-30(16-14-27)35-23-25-11-9-24(10-12-25)17-19-32-20-18-26-7-4-5-8-29(26)22-32/h4-5,7-16,28H,17-23H2,1-2H3/t28-/m0/s1. The summed E-state index contributed by atoms with van der Waals surface area (Å²) in [5.41, 5.74) is 6.45. The fourth-order valence-electron chi connectivity index (χ4n) is 4.47. The average molecular weight is 468 g/mol. The van der Waals surface area contributed by atoms with Crippen molar-refractivity contribution in [3.8, 4) is 17.6 Å². The Kier molecular flexibility index (Phi) is 8.59. The molecule has 0 N–H and O–H groups in total.